The van der Waals surface area contributed by atoms with E-state index in [-0.39, 0.29) is 6.09 Å². The molecule has 1 atom stereocenters. The van der Waals surface area contributed by atoms with E-state index >= 15 is 0 Å². The van der Waals surface area contributed by atoms with Crippen molar-refractivity contribution in [2.24, 2.45) is 5.92 Å². The molecule has 0 radical (unpaired) electrons. The van der Waals surface area contributed by atoms with Crippen LogP contribution in [0.15, 0.2) is 0 Å². The normalized spacial score (nSPS) is 26.9. The maximum atomic E-state index is 11.9. The predicted octanol–water partition coefficient (Wildman–Crippen LogP) is 1.51. The summed E-state index contributed by atoms with van der Waals surface area (Å²) in [5, 5.41) is 0. The van der Waals surface area contributed by atoms with Gasteiger partial charge in [-0.05, 0) is 33.6 Å². The second-order valence-electron chi connectivity index (χ2n) is 7.71. The molecule has 3 aliphatic rings. The molecule has 3 saturated heterocycles. The van der Waals surface area contributed by atoms with Gasteiger partial charge < -0.3 is 14.5 Å². The minimum Gasteiger partial charge on any atom is -0.444 e. The first kappa shape index (κ1) is 15.6. The molecule has 2 amide bonds. The van der Waals surface area contributed by atoms with E-state index in [1.807, 2.05) is 25.7 Å². The van der Waals surface area contributed by atoms with Crippen LogP contribution in [0.4, 0.5) is 4.79 Å². The largest absolute Gasteiger partial charge is 0.444 e. The predicted molar refractivity (Wildman–Crippen MR) is 82.2 cm³/mol. The molecule has 0 N–H and O–H groups in total. The lowest BCUT2D eigenvalue weighted by Crippen LogP contribution is -2.59. The fourth-order valence-electron chi connectivity index (χ4n) is 3.66. The molecule has 6 nitrogen and oxygen atoms in total. The maximum absolute atomic E-state index is 11.9. The van der Waals surface area contributed by atoms with Crippen molar-refractivity contribution in [2.45, 2.75) is 51.8 Å². The molecule has 3 aliphatic heterocycles. The number of likely N-dealkylation sites (tertiary alicyclic amines) is 1. The van der Waals surface area contributed by atoms with Crippen molar-refractivity contribution in [1.82, 2.24) is 14.7 Å². The van der Waals surface area contributed by atoms with Gasteiger partial charge in [-0.25, -0.2) is 4.79 Å². The molecule has 0 aromatic rings. The van der Waals surface area contributed by atoms with Crippen LogP contribution in [0.3, 0.4) is 0 Å². The Hall–Kier alpha value is -1.30. The van der Waals surface area contributed by atoms with E-state index in [1.165, 1.54) is 0 Å². The molecule has 0 aliphatic carbocycles. The van der Waals surface area contributed by atoms with Crippen molar-refractivity contribution >= 4 is 12.0 Å². The van der Waals surface area contributed by atoms with Crippen LogP contribution in [0.2, 0.25) is 0 Å². The van der Waals surface area contributed by atoms with Crippen molar-refractivity contribution in [3.63, 3.8) is 0 Å². The number of ether oxygens (including phenoxy) is 1. The number of hydrogen-bond donors (Lipinski definition) is 0. The molecule has 0 bridgehead atoms. The topological polar surface area (TPSA) is 53.1 Å². The van der Waals surface area contributed by atoms with Gasteiger partial charge in [0.15, 0.2) is 0 Å². The lowest BCUT2D eigenvalue weighted by atomic mass is 9.99. The molecule has 1 unspecified atom stereocenters. The Morgan fingerprint density at radius 2 is 2.00 bits per heavy atom. The van der Waals surface area contributed by atoms with Gasteiger partial charge in [-0.1, -0.05) is 0 Å². The monoisotopic (exact) mass is 309 g/mol. The van der Waals surface area contributed by atoms with E-state index in [2.05, 4.69) is 4.90 Å². The zero-order valence-electron chi connectivity index (χ0n) is 13.9. The van der Waals surface area contributed by atoms with Gasteiger partial charge in [0.05, 0.1) is 6.17 Å². The summed E-state index contributed by atoms with van der Waals surface area (Å²) in [6.07, 6.45) is 2.94. The summed E-state index contributed by atoms with van der Waals surface area (Å²) in [6.45, 7) is 9.97. The fraction of sp³-hybridized carbons (Fsp3) is 0.875. The van der Waals surface area contributed by atoms with Crippen molar-refractivity contribution in [1.29, 1.82) is 0 Å². The first-order valence-electron chi connectivity index (χ1n) is 8.35. The Balaban J connectivity index is 1.46. The molecular weight excluding hydrogens is 282 g/mol. The highest BCUT2D eigenvalue weighted by atomic mass is 16.6. The SMILES string of the molecule is CC(C)(C)OC(=O)N1CC(CN2CCC(=O)N3CCCC23)C1. The highest BCUT2D eigenvalue weighted by molar-refractivity contribution is 5.77. The van der Waals surface area contributed by atoms with Crippen LogP contribution >= 0.6 is 0 Å². The zero-order chi connectivity index (χ0) is 15.9. The van der Waals surface area contributed by atoms with Crippen molar-refractivity contribution in [3.8, 4) is 0 Å². The van der Waals surface area contributed by atoms with E-state index in [9.17, 15) is 9.59 Å². The average molecular weight is 309 g/mol. The van der Waals surface area contributed by atoms with E-state index in [0.717, 1.165) is 45.6 Å². The van der Waals surface area contributed by atoms with Crippen LogP contribution in [0, 0.1) is 5.92 Å². The van der Waals surface area contributed by atoms with Crippen molar-refractivity contribution in [3.05, 3.63) is 0 Å². The first-order chi connectivity index (χ1) is 10.3. The van der Waals surface area contributed by atoms with E-state index in [4.69, 9.17) is 4.74 Å². The Labute approximate surface area is 132 Å². The van der Waals surface area contributed by atoms with Gasteiger partial charge in [0.25, 0.3) is 0 Å². The average Bonchev–Trinajstić information content (AvgIpc) is 2.83. The molecule has 3 rings (SSSR count). The molecule has 3 heterocycles. The van der Waals surface area contributed by atoms with Gasteiger partial charge in [0.1, 0.15) is 5.60 Å². The number of hydrogen-bond acceptors (Lipinski definition) is 4. The van der Waals surface area contributed by atoms with Gasteiger partial charge >= 0.3 is 6.09 Å². The van der Waals surface area contributed by atoms with Crippen LogP contribution in [0.1, 0.15) is 40.0 Å². The fourth-order valence-corrected chi connectivity index (χ4v) is 3.66. The molecule has 0 spiro atoms. The second-order valence-corrected chi connectivity index (χ2v) is 7.71. The van der Waals surface area contributed by atoms with Crippen LogP contribution in [0.25, 0.3) is 0 Å². The number of nitrogens with zero attached hydrogens (tertiary/aromatic N) is 3. The van der Waals surface area contributed by atoms with Crippen LogP contribution in [-0.2, 0) is 9.53 Å². The molecule has 0 aromatic carbocycles. The number of carbonyl (C=O) groups excluding carboxylic acids is 2. The minimum absolute atomic E-state index is 0.208. The van der Waals surface area contributed by atoms with Gasteiger partial charge in [0.2, 0.25) is 5.91 Å². The summed E-state index contributed by atoms with van der Waals surface area (Å²) in [4.78, 5) is 30.1. The molecule has 124 valence electrons. The Morgan fingerprint density at radius 1 is 1.27 bits per heavy atom. The van der Waals surface area contributed by atoms with Gasteiger partial charge in [-0.2, -0.15) is 0 Å². The molecule has 0 saturated carbocycles. The van der Waals surface area contributed by atoms with Gasteiger partial charge in [0, 0.05) is 45.1 Å². The Bertz CT molecular complexity index is 454. The van der Waals surface area contributed by atoms with Crippen molar-refractivity contribution in [2.75, 3.05) is 32.7 Å². The summed E-state index contributed by atoms with van der Waals surface area (Å²) < 4.78 is 5.38. The number of fused-ring (bicyclic) bond motifs is 1. The third-order valence-corrected chi connectivity index (χ3v) is 4.68. The highest BCUT2D eigenvalue weighted by Gasteiger charge is 2.40. The lowest BCUT2D eigenvalue weighted by Gasteiger charge is -2.46. The number of carbonyl (C=O) groups is 2. The number of amides is 2. The summed E-state index contributed by atoms with van der Waals surface area (Å²) in [5.74, 6) is 0.811. The lowest BCUT2D eigenvalue weighted by molar-refractivity contribution is -0.142. The van der Waals surface area contributed by atoms with Crippen LogP contribution in [-0.4, -0.2) is 71.2 Å². The smallest absolute Gasteiger partial charge is 0.410 e. The van der Waals surface area contributed by atoms with Crippen LogP contribution < -0.4 is 0 Å². The van der Waals surface area contributed by atoms with E-state index < -0.39 is 5.60 Å². The second kappa shape index (κ2) is 5.72. The van der Waals surface area contributed by atoms with Crippen molar-refractivity contribution < 1.29 is 14.3 Å². The summed E-state index contributed by atoms with van der Waals surface area (Å²) in [7, 11) is 0. The van der Waals surface area contributed by atoms with Gasteiger partial charge in [-0.15, -0.1) is 0 Å². The van der Waals surface area contributed by atoms with Gasteiger partial charge in [-0.3, -0.25) is 9.69 Å². The third kappa shape index (κ3) is 3.21. The summed E-state index contributed by atoms with van der Waals surface area (Å²) >= 11 is 0. The van der Waals surface area contributed by atoms with E-state index in [1.54, 1.807) is 4.90 Å². The maximum Gasteiger partial charge on any atom is 0.410 e. The Morgan fingerprint density at radius 3 is 2.68 bits per heavy atom. The summed E-state index contributed by atoms with van der Waals surface area (Å²) in [5.41, 5.74) is -0.431. The zero-order valence-corrected chi connectivity index (χ0v) is 13.9. The van der Waals surface area contributed by atoms with Crippen LogP contribution in [0.5, 0.6) is 0 Å². The molecule has 22 heavy (non-hydrogen) atoms. The first-order valence-corrected chi connectivity index (χ1v) is 8.35. The molecule has 3 fully saturated rings. The Kier molecular flexibility index (Phi) is 4.05. The molecule has 0 aromatic heterocycles. The highest BCUT2D eigenvalue weighted by Crippen LogP contribution is 2.28. The number of rotatable bonds is 2. The standard InChI is InChI=1S/C16H27N3O3/c1-16(2,3)22-15(21)18-10-12(11-18)9-17-8-6-14(20)19-7-4-5-13(17)19/h12-13H,4-11H2,1-3H3. The molecule has 6 heteroatoms. The minimum atomic E-state index is -0.431. The molecular formula is C16H27N3O3. The summed E-state index contributed by atoms with van der Waals surface area (Å²) in [6, 6.07) is 0. The third-order valence-electron chi connectivity index (χ3n) is 4.68. The van der Waals surface area contributed by atoms with E-state index in [0.29, 0.717) is 24.4 Å². The quantitative estimate of drug-likeness (QED) is 0.776.